The average Bonchev–Trinajstić information content (AvgIpc) is 3.31. The predicted octanol–water partition coefficient (Wildman–Crippen LogP) is 3.88. The number of aromatic amines is 1. The highest BCUT2D eigenvalue weighted by Gasteiger charge is 2.24. The highest BCUT2D eigenvalue weighted by Crippen LogP contribution is 2.30. The summed E-state index contributed by atoms with van der Waals surface area (Å²) in [5.74, 6) is -0.573. The van der Waals surface area contributed by atoms with Gasteiger partial charge in [0.25, 0.3) is 5.91 Å². The summed E-state index contributed by atoms with van der Waals surface area (Å²) in [5, 5.41) is 11.1. The number of benzene rings is 2. The molecular weight excluding hydrogens is 305 g/mol. The van der Waals surface area contributed by atoms with Gasteiger partial charge in [-0.25, -0.2) is 4.39 Å². The molecular formula is C19H18FN3O. The number of halogens is 1. The lowest BCUT2D eigenvalue weighted by Gasteiger charge is -2.11. The van der Waals surface area contributed by atoms with Gasteiger partial charge in [0.15, 0.2) is 0 Å². The lowest BCUT2D eigenvalue weighted by molar-refractivity contribution is 0.0950. The molecule has 0 spiro atoms. The number of nitrogens with zero attached hydrogens (tertiary/aromatic N) is 1. The number of aromatic nitrogens is 2. The smallest absolute Gasteiger partial charge is 0.251 e. The highest BCUT2D eigenvalue weighted by molar-refractivity contribution is 5.96. The molecule has 4 nitrogen and oxygen atoms in total. The van der Waals surface area contributed by atoms with Crippen molar-refractivity contribution in [1.82, 2.24) is 15.5 Å². The molecule has 1 aliphatic carbocycles. The van der Waals surface area contributed by atoms with Crippen molar-refractivity contribution in [3.05, 3.63) is 53.0 Å². The number of carbonyl (C=O) groups is 1. The molecule has 1 aromatic heterocycles. The lowest BCUT2D eigenvalue weighted by Crippen LogP contribution is -2.25. The summed E-state index contributed by atoms with van der Waals surface area (Å²) in [4.78, 5) is 12.3. The van der Waals surface area contributed by atoms with Crippen molar-refractivity contribution < 1.29 is 9.18 Å². The fourth-order valence-corrected chi connectivity index (χ4v) is 2.91. The van der Waals surface area contributed by atoms with E-state index < -0.39 is 0 Å². The Morgan fingerprint density at radius 3 is 2.79 bits per heavy atom. The van der Waals surface area contributed by atoms with Gasteiger partial charge in [0.1, 0.15) is 5.82 Å². The fourth-order valence-electron chi connectivity index (χ4n) is 2.91. The van der Waals surface area contributed by atoms with Gasteiger partial charge in [0.2, 0.25) is 0 Å². The third-order valence-corrected chi connectivity index (χ3v) is 4.57. The summed E-state index contributed by atoms with van der Waals surface area (Å²) >= 11 is 0. The molecule has 4 rings (SSSR count). The van der Waals surface area contributed by atoms with Crippen LogP contribution in [0.1, 0.15) is 34.5 Å². The van der Waals surface area contributed by atoms with Gasteiger partial charge in [-0.1, -0.05) is 6.07 Å². The summed E-state index contributed by atoms with van der Waals surface area (Å²) in [6.07, 6.45) is 2.01. The van der Waals surface area contributed by atoms with Crippen LogP contribution in [0.25, 0.3) is 22.0 Å². The molecule has 24 heavy (non-hydrogen) atoms. The average molecular weight is 323 g/mol. The Morgan fingerprint density at radius 2 is 2.04 bits per heavy atom. The second kappa shape index (κ2) is 5.44. The topological polar surface area (TPSA) is 57.8 Å². The van der Waals surface area contributed by atoms with E-state index in [1.54, 1.807) is 13.0 Å². The zero-order chi connectivity index (χ0) is 16.8. The van der Waals surface area contributed by atoms with Crippen LogP contribution >= 0.6 is 0 Å². The van der Waals surface area contributed by atoms with Crippen LogP contribution < -0.4 is 5.32 Å². The number of hydrogen-bond donors (Lipinski definition) is 2. The number of amides is 1. The van der Waals surface area contributed by atoms with Gasteiger partial charge >= 0.3 is 0 Å². The Labute approximate surface area is 139 Å². The van der Waals surface area contributed by atoms with Crippen molar-refractivity contribution >= 4 is 16.8 Å². The zero-order valence-electron chi connectivity index (χ0n) is 13.6. The van der Waals surface area contributed by atoms with Crippen molar-refractivity contribution in [2.75, 3.05) is 0 Å². The Hall–Kier alpha value is -2.69. The van der Waals surface area contributed by atoms with Crippen LogP contribution in [0.15, 0.2) is 30.3 Å². The van der Waals surface area contributed by atoms with Gasteiger partial charge in [-0.3, -0.25) is 9.89 Å². The van der Waals surface area contributed by atoms with E-state index in [9.17, 15) is 9.18 Å². The maximum Gasteiger partial charge on any atom is 0.251 e. The first-order valence-corrected chi connectivity index (χ1v) is 8.09. The van der Waals surface area contributed by atoms with Crippen LogP contribution in [-0.2, 0) is 0 Å². The summed E-state index contributed by atoms with van der Waals surface area (Å²) in [6.45, 7) is 3.69. The molecule has 0 bridgehead atoms. The minimum Gasteiger partial charge on any atom is -0.349 e. The largest absolute Gasteiger partial charge is 0.349 e. The molecule has 2 N–H and O–H groups in total. The molecule has 0 unspecified atom stereocenters. The minimum atomic E-state index is -0.363. The number of aryl methyl sites for hydroxylation is 1. The standard InChI is InChI=1S/C19H18FN3O/c1-10-15(12-3-6-18-16(7-12)11(2)22-23-18)8-13(9-17(10)20)19(24)21-14-4-5-14/h3,6-9,14H,4-5H2,1-2H3,(H,21,24)(H,22,23). The number of rotatable bonds is 3. The monoisotopic (exact) mass is 323 g/mol. The van der Waals surface area contributed by atoms with Crippen LogP contribution in [-0.4, -0.2) is 22.1 Å². The molecule has 0 saturated heterocycles. The number of fused-ring (bicyclic) bond motifs is 1. The van der Waals surface area contributed by atoms with Crippen molar-refractivity contribution in [3.63, 3.8) is 0 Å². The molecule has 1 amide bonds. The maximum atomic E-state index is 14.4. The van der Waals surface area contributed by atoms with Crippen LogP contribution in [0, 0.1) is 19.7 Å². The molecule has 122 valence electrons. The molecule has 2 aromatic carbocycles. The molecule has 1 aliphatic rings. The summed E-state index contributed by atoms with van der Waals surface area (Å²) in [6, 6.07) is 9.13. The van der Waals surface area contributed by atoms with Crippen molar-refractivity contribution in [2.45, 2.75) is 32.7 Å². The van der Waals surface area contributed by atoms with Gasteiger partial charge in [-0.05, 0) is 67.6 Å². The molecule has 0 aliphatic heterocycles. The van der Waals surface area contributed by atoms with E-state index in [1.807, 2.05) is 25.1 Å². The SMILES string of the molecule is Cc1c(F)cc(C(=O)NC2CC2)cc1-c1ccc2n[nH]c(C)c2c1. The second-order valence-corrected chi connectivity index (χ2v) is 6.46. The zero-order valence-corrected chi connectivity index (χ0v) is 13.6. The molecule has 5 heteroatoms. The first-order chi connectivity index (χ1) is 11.5. The molecule has 0 atom stereocenters. The van der Waals surface area contributed by atoms with E-state index in [4.69, 9.17) is 0 Å². The lowest BCUT2D eigenvalue weighted by atomic mass is 9.96. The van der Waals surface area contributed by atoms with E-state index in [0.29, 0.717) is 11.1 Å². The van der Waals surface area contributed by atoms with E-state index in [-0.39, 0.29) is 17.8 Å². The van der Waals surface area contributed by atoms with Crippen molar-refractivity contribution in [2.24, 2.45) is 0 Å². The third-order valence-electron chi connectivity index (χ3n) is 4.57. The van der Waals surface area contributed by atoms with Crippen LogP contribution in [0.5, 0.6) is 0 Å². The molecule has 1 fully saturated rings. The minimum absolute atomic E-state index is 0.210. The predicted molar refractivity (Wildman–Crippen MR) is 91.4 cm³/mol. The van der Waals surface area contributed by atoms with Gasteiger partial charge in [-0.2, -0.15) is 5.10 Å². The molecule has 0 radical (unpaired) electrons. The van der Waals surface area contributed by atoms with E-state index in [2.05, 4.69) is 15.5 Å². The number of carbonyl (C=O) groups excluding carboxylic acids is 1. The Kier molecular flexibility index (Phi) is 3.37. The number of hydrogen-bond acceptors (Lipinski definition) is 2. The quantitative estimate of drug-likeness (QED) is 0.768. The molecule has 1 heterocycles. The Balaban J connectivity index is 1.81. The summed E-state index contributed by atoms with van der Waals surface area (Å²) < 4.78 is 14.4. The van der Waals surface area contributed by atoms with Gasteiger partial charge in [-0.15, -0.1) is 0 Å². The van der Waals surface area contributed by atoms with Crippen LogP contribution in [0.3, 0.4) is 0 Å². The van der Waals surface area contributed by atoms with Gasteiger partial charge in [0.05, 0.1) is 5.52 Å². The first-order valence-electron chi connectivity index (χ1n) is 8.09. The second-order valence-electron chi connectivity index (χ2n) is 6.46. The number of H-pyrrole nitrogens is 1. The van der Waals surface area contributed by atoms with E-state index in [1.165, 1.54) is 6.07 Å². The van der Waals surface area contributed by atoms with Crippen molar-refractivity contribution in [1.29, 1.82) is 0 Å². The van der Waals surface area contributed by atoms with Gasteiger partial charge < -0.3 is 5.32 Å². The summed E-state index contributed by atoms with van der Waals surface area (Å²) in [5.41, 5.74) is 4.36. The van der Waals surface area contributed by atoms with E-state index >= 15 is 0 Å². The summed E-state index contributed by atoms with van der Waals surface area (Å²) in [7, 11) is 0. The van der Waals surface area contributed by atoms with Crippen LogP contribution in [0.4, 0.5) is 4.39 Å². The van der Waals surface area contributed by atoms with Crippen LogP contribution in [0.2, 0.25) is 0 Å². The van der Waals surface area contributed by atoms with Crippen molar-refractivity contribution in [3.8, 4) is 11.1 Å². The Morgan fingerprint density at radius 1 is 1.25 bits per heavy atom. The first kappa shape index (κ1) is 14.9. The number of nitrogens with one attached hydrogen (secondary N) is 2. The highest BCUT2D eigenvalue weighted by atomic mass is 19.1. The maximum absolute atomic E-state index is 14.4. The van der Waals surface area contributed by atoms with Gasteiger partial charge in [0, 0.05) is 22.7 Å². The Bertz CT molecular complexity index is 957. The molecule has 3 aromatic rings. The third kappa shape index (κ3) is 2.56. The fraction of sp³-hybridized carbons (Fsp3) is 0.263. The normalized spacial score (nSPS) is 14.1. The van der Waals surface area contributed by atoms with E-state index in [0.717, 1.165) is 40.6 Å². The molecule has 1 saturated carbocycles.